The number of hydrogen-bond donors (Lipinski definition) is 1. The van der Waals surface area contributed by atoms with E-state index in [0.29, 0.717) is 23.5 Å². The Kier molecular flexibility index (Phi) is 5.11. The van der Waals surface area contributed by atoms with Crippen LogP contribution in [0.25, 0.3) is 5.69 Å². The van der Waals surface area contributed by atoms with Crippen LogP contribution in [0, 0.1) is 13.8 Å². The van der Waals surface area contributed by atoms with Crippen molar-refractivity contribution in [2.24, 2.45) is 0 Å². The molecule has 0 bridgehead atoms. The molecule has 8 heteroatoms. The molecule has 30 heavy (non-hydrogen) atoms. The number of aryl methyl sites for hydroxylation is 2. The summed E-state index contributed by atoms with van der Waals surface area (Å²) in [6, 6.07) is 14.9. The van der Waals surface area contributed by atoms with Crippen LogP contribution in [0.15, 0.2) is 48.5 Å². The van der Waals surface area contributed by atoms with Crippen LogP contribution in [0.4, 0.5) is 11.4 Å². The maximum Gasteiger partial charge on any atom is 0.255 e. The molecule has 1 aliphatic rings. The first kappa shape index (κ1) is 20.2. The Morgan fingerprint density at radius 2 is 1.83 bits per heavy atom. The van der Waals surface area contributed by atoms with E-state index in [9.17, 15) is 13.2 Å². The summed E-state index contributed by atoms with van der Waals surface area (Å²) < 4.78 is 27.3. The van der Waals surface area contributed by atoms with Crippen molar-refractivity contribution in [1.29, 1.82) is 0 Å². The van der Waals surface area contributed by atoms with Gasteiger partial charge in [-0.2, -0.15) is 5.10 Å². The smallest absolute Gasteiger partial charge is 0.255 e. The van der Waals surface area contributed by atoms with E-state index in [1.807, 2.05) is 48.9 Å². The standard InChI is InChI=1S/C22H24N4O3S/c1-15-21(16(2)26(24-15)19-9-5-4-6-10-19)23-22(27)18-11-12-20-17(14-18)8-7-13-25(20)30(3,28)29/h4-6,9-12,14H,7-8,13H2,1-3H3,(H,23,27). The Hall–Kier alpha value is -3.13. The second kappa shape index (κ2) is 7.60. The molecule has 0 aliphatic carbocycles. The molecule has 0 saturated heterocycles. The number of nitrogens with zero attached hydrogens (tertiary/aromatic N) is 3. The highest BCUT2D eigenvalue weighted by molar-refractivity contribution is 7.92. The summed E-state index contributed by atoms with van der Waals surface area (Å²) in [4.78, 5) is 12.9. The molecule has 156 valence electrons. The van der Waals surface area contributed by atoms with Gasteiger partial charge < -0.3 is 5.32 Å². The zero-order chi connectivity index (χ0) is 21.5. The lowest BCUT2D eigenvalue weighted by molar-refractivity contribution is 0.102. The fraction of sp³-hybridized carbons (Fsp3) is 0.273. The number of amides is 1. The average molecular weight is 425 g/mol. The van der Waals surface area contributed by atoms with Crippen molar-refractivity contribution in [3.05, 3.63) is 71.0 Å². The van der Waals surface area contributed by atoms with Crippen molar-refractivity contribution in [2.75, 3.05) is 22.4 Å². The molecule has 0 saturated carbocycles. The molecule has 0 spiro atoms. The lowest BCUT2D eigenvalue weighted by Gasteiger charge is -2.29. The first-order valence-corrected chi connectivity index (χ1v) is 11.6. The Balaban J connectivity index is 1.62. The van der Waals surface area contributed by atoms with E-state index in [2.05, 4.69) is 10.4 Å². The fourth-order valence-electron chi connectivity index (χ4n) is 3.88. The molecule has 7 nitrogen and oxygen atoms in total. The van der Waals surface area contributed by atoms with Crippen LogP contribution >= 0.6 is 0 Å². The number of aromatic nitrogens is 2. The highest BCUT2D eigenvalue weighted by Gasteiger charge is 2.25. The number of carbonyl (C=O) groups is 1. The molecule has 4 rings (SSSR count). The van der Waals surface area contributed by atoms with Gasteiger partial charge in [0.25, 0.3) is 5.91 Å². The first-order valence-electron chi connectivity index (χ1n) is 9.79. The van der Waals surface area contributed by atoms with Crippen LogP contribution in [0.3, 0.4) is 0 Å². The largest absolute Gasteiger partial charge is 0.319 e. The maximum atomic E-state index is 12.9. The molecule has 1 amide bonds. The van der Waals surface area contributed by atoms with Gasteiger partial charge in [0.05, 0.1) is 34.7 Å². The molecule has 0 unspecified atom stereocenters. The quantitative estimate of drug-likeness (QED) is 0.695. The van der Waals surface area contributed by atoms with Crippen molar-refractivity contribution in [2.45, 2.75) is 26.7 Å². The zero-order valence-corrected chi connectivity index (χ0v) is 18.0. The second-order valence-electron chi connectivity index (χ2n) is 7.53. The number of nitrogens with one attached hydrogen (secondary N) is 1. The van der Waals surface area contributed by atoms with Gasteiger partial charge in [0.2, 0.25) is 10.0 Å². The number of para-hydroxylation sites is 1. The Labute approximate surface area is 176 Å². The van der Waals surface area contributed by atoms with Crippen LogP contribution in [0.5, 0.6) is 0 Å². The Morgan fingerprint density at radius 1 is 1.10 bits per heavy atom. The summed E-state index contributed by atoms with van der Waals surface area (Å²) in [5.74, 6) is -0.243. The summed E-state index contributed by atoms with van der Waals surface area (Å²) in [5, 5.41) is 7.54. The van der Waals surface area contributed by atoms with Crippen LogP contribution in [-0.2, 0) is 16.4 Å². The van der Waals surface area contributed by atoms with Crippen molar-refractivity contribution >= 4 is 27.3 Å². The molecule has 1 aliphatic heterocycles. The summed E-state index contributed by atoms with van der Waals surface area (Å²) >= 11 is 0. The van der Waals surface area contributed by atoms with E-state index in [1.54, 1.807) is 18.2 Å². The molecule has 0 atom stereocenters. The van der Waals surface area contributed by atoms with Gasteiger partial charge in [-0.3, -0.25) is 9.10 Å². The minimum absolute atomic E-state index is 0.243. The topological polar surface area (TPSA) is 84.3 Å². The van der Waals surface area contributed by atoms with E-state index in [-0.39, 0.29) is 5.91 Å². The summed E-state index contributed by atoms with van der Waals surface area (Å²) in [5.41, 5.74) is 5.19. The van der Waals surface area contributed by atoms with E-state index in [4.69, 9.17) is 0 Å². The predicted molar refractivity (Wildman–Crippen MR) is 118 cm³/mol. The summed E-state index contributed by atoms with van der Waals surface area (Å²) in [6.07, 6.45) is 2.68. The number of sulfonamides is 1. The predicted octanol–water partition coefficient (Wildman–Crippen LogP) is 3.45. The minimum Gasteiger partial charge on any atom is -0.319 e. The second-order valence-corrected chi connectivity index (χ2v) is 9.44. The third-order valence-corrected chi connectivity index (χ3v) is 6.53. The third-order valence-electron chi connectivity index (χ3n) is 5.35. The monoisotopic (exact) mass is 424 g/mol. The number of carbonyl (C=O) groups excluding carboxylic acids is 1. The first-order chi connectivity index (χ1) is 14.3. The highest BCUT2D eigenvalue weighted by atomic mass is 32.2. The molecule has 2 aromatic carbocycles. The van der Waals surface area contributed by atoms with Gasteiger partial charge in [-0.25, -0.2) is 13.1 Å². The summed E-state index contributed by atoms with van der Waals surface area (Å²) in [6.45, 7) is 4.24. The van der Waals surface area contributed by atoms with Gasteiger partial charge in [-0.15, -0.1) is 0 Å². The number of fused-ring (bicyclic) bond motifs is 1. The lowest BCUT2D eigenvalue weighted by Crippen LogP contribution is -2.34. The van der Waals surface area contributed by atoms with Crippen LogP contribution < -0.4 is 9.62 Å². The lowest BCUT2D eigenvalue weighted by atomic mass is 10.0. The van der Waals surface area contributed by atoms with Crippen LogP contribution in [0.1, 0.15) is 33.7 Å². The van der Waals surface area contributed by atoms with E-state index in [1.165, 1.54) is 10.6 Å². The fourth-order valence-corrected chi connectivity index (χ4v) is 4.87. The van der Waals surface area contributed by atoms with Gasteiger partial charge in [0.15, 0.2) is 0 Å². The Morgan fingerprint density at radius 3 is 2.53 bits per heavy atom. The molecule has 2 heterocycles. The van der Waals surface area contributed by atoms with Gasteiger partial charge in [0.1, 0.15) is 0 Å². The molecule has 1 aromatic heterocycles. The number of benzene rings is 2. The Bertz CT molecular complexity index is 1220. The van der Waals surface area contributed by atoms with Crippen molar-refractivity contribution in [3.8, 4) is 5.69 Å². The molecule has 0 radical (unpaired) electrons. The van der Waals surface area contributed by atoms with Crippen LogP contribution in [0.2, 0.25) is 0 Å². The molecular formula is C22H24N4O3S. The van der Waals surface area contributed by atoms with Crippen molar-refractivity contribution in [1.82, 2.24) is 9.78 Å². The third kappa shape index (κ3) is 3.70. The summed E-state index contributed by atoms with van der Waals surface area (Å²) in [7, 11) is -3.33. The van der Waals surface area contributed by atoms with Gasteiger partial charge >= 0.3 is 0 Å². The maximum absolute atomic E-state index is 12.9. The van der Waals surface area contributed by atoms with E-state index >= 15 is 0 Å². The highest BCUT2D eigenvalue weighted by Crippen LogP contribution is 2.30. The van der Waals surface area contributed by atoms with E-state index in [0.717, 1.165) is 35.5 Å². The van der Waals surface area contributed by atoms with Gasteiger partial charge in [0, 0.05) is 12.1 Å². The van der Waals surface area contributed by atoms with E-state index < -0.39 is 10.0 Å². The number of hydrogen-bond acceptors (Lipinski definition) is 4. The molecule has 3 aromatic rings. The van der Waals surface area contributed by atoms with Crippen molar-refractivity contribution < 1.29 is 13.2 Å². The SMILES string of the molecule is Cc1nn(-c2ccccc2)c(C)c1NC(=O)c1ccc2c(c1)CCCN2S(C)(=O)=O. The van der Waals surface area contributed by atoms with Crippen molar-refractivity contribution in [3.63, 3.8) is 0 Å². The zero-order valence-electron chi connectivity index (χ0n) is 17.2. The number of anilines is 2. The molecule has 1 N–H and O–H groups in total. The number of rotatable bonds is 4. The average Bonchev–Trinajstić information content (AvgIpc) is 3.01. The van der Waals surface area contributed by atoms with Gasteiger partial charge in [-0.05, 0) is 62.6 Å². The normalized spacial score (nSPS) is 13.8. The molecular weight excluding hydrogens is 400 g/mol. The van der Waals surface area contributed by atoms with Gasteiger partial charge in [-0.1, -0.05) is 18.2 Å². The van der Waals surface area contributed by atoms with Crippen LogP contribution in [-0.4, -0.2) is 36.9 Å². The minimum atomic E-state index is -3.33. The molecule has 0 fully saturated rings.